The van der Waals surface area contributed by atoms with Crippen molar-refractivity contribution in [3.63, 3.8) is 0 Å². The molecule has 0 saturated carbocycles. The average Bonchev–Trinajstić information content (AvgIpc) is 3.11. The predicted molar refractivity (Wildman–Crippen MR) is 250 cm³/mol. The summed E-state index contributed by atoms with van der Waals surface area (Å²) in [5.41, 5.74) is 20.4. The van der Waals surface area contributed by atoms with Crippen molar-refractivity contribution in [1.29, 1.82) is 0 Å². The zero-order valence-electron chi connectivity index (χ0n) is 36.1. The van der Waals surface area contributed by atoms with Gasteiger partial charge in [0.25, 0.3) is 0 Å². The van der Waals surface area contributed by atoms with Gasteiger partial charge in [-0.25, -0.2) is 0 Å². The Bertz CT molecular complexity index is 2630. The molecule has 288 valence electrons. The predicted octanol–water partition coefficient (Wildman–Crippen LogP) is 16.1. The minimum absolute atomic E-state index is 0.335. The molecule has 0 saturated heterocycles. The second-order valence-electron chi connectivity index (χ2n) is 17.8. The fraction of sp³-hybridized carbons (Fsp3) is 0.273. The third-order valence-corrected chi connectivity index (χ3v) is 11.8. The summed E-state index contributed by atoms with van der Waals surface area (Å²) in [7, 11) is 0. The van der Waals surface area contributed by atoms with E-state index in [0.717, 1.165) is 6.54 Å². The lowest BCUT2D eigenvalue weighted by atomic mass is 9.83. The third kappa shape index (κ3) is 7.16. The molecule has 0 aliphatic heterocycles. The lowest BCUT2D eigenvalue weighted by molar-refractivity contribution is 0.870. The summed E-state index contributed by atoms with van der Waals surface area (Å²) in [6.07, 6.45) is 0. The molecular formula is C55H58N2. The van der Waals surface area contributed by atoms with E-state index in [1.54, 1.807) is 0 Å². The Morgan fingerprint density at radius 3 is 1.11 bits per heavy atom. The maximum Gasteiger partial charge on any atom is 0.0543 e. The number of nitrogens with zero attached hydrogens (tertiary/aromatic N) is 2. The molecule has 8 aromatic carbocycles. The second kappa shape index (κ2) is 14.7. The van der Waals surface area contributed by atoms with Crippen molar-refractivity contribution < 1.29 is 0 Å². The second-order valence-corrected chi connectivity index (χ2v) is 17.8. The molecule has 0 radical (unpaired) electrons. The maximum atomic E-state index is 2.54. The minimum Gasteiger partial charge on any atom is -0.337 e. The molecule has 0 bridgehead atoms. The van der Waals surface area contributed by atoms with E-state index in [-0.39, 0.29) is 0 Å². The molecule has 0 atom stereocenters. The summed E-state index contributed by atoms with van der Waals surface area (Å²) in [6.45, 7) is 27.9. The maximum absolute atomic E-state index is 2.54. The SMILES string of the molecule is Cc1cc(C)cc(N(Cc2cc(C(C)C)c3ccc4c(N(c5cc(C)cc(C)c5)c5cc(C)cc(C)c5)cc(C(C)C)c5ccc2c3c54)c2cc(C)cc(C)c2)c1. The van der Waals surface area contributed by atoms with Gasteiger partial charge < -0.3 is 9.80 Å². The lowest BCUT2D eigenvalue weighted by Crippen LogP contribution is -2.18. The first-order valence-electron chi connectivity index (χ1n) is 20.8. The summed E-state index contributed by atoms with van der Waals surface area (Å²) in [4.78, 5) is 5.08. The number of hydrogen-bond acceptors (Lipinski definition) is 2. The van der Waals surface area contributed by atoms with Crippen LogP contribution in [0, 0.1) is 55.4 Å². The van der Waals surface area contributed by atoms with E-state index in [1.807, 2.05) is 0 Å². The molecule has 0 N–H and O–H groups in total. The summed E-state index contributed by atoms with van der Waals surface area (Å²) in [5, 5.41) is 8.10. The molecule has 0 heterocycles. The van der Waals surface area contributed by atoms with Gasteiger partial charge in [0.15, 0.2) is 0 Å². The average molecular weight is 747 g/mol. The highest BCUT2D eigenvalue weighted by molar-refractivity contribution is 6.27. The standard InChI is InChI=1S/C55H58N2/c1-32(2)51-29-42(31-56(43-21-34(5)17-35(6)22-43)44-23-36(7)18-37(8)24-44)47-13-14-49-52(33(3)4)30-53(50-16-15-48(51)54(47)55(49)50)57(45-25-38(9)19-39(10)26-45)46-27-40(11)20-41(12)28-46/h13-30,32-33H,31H2,1-12H3. The fourth-order valence-corrected chi connectivity index (χ4v) is 9.68. The van der Waals surface area contributed by atoms with Crippen LogP contribution in [-0.2, 0) is 6.54 Å². The largest absolute Gasteiger partial charge is 0.337 e. The Balaban J connectivity index is 1.46. The van der Waals surface area contributed by atoms with E-state index in [4.69, 9.17) is 0 Å². The van der Waals surface area contributed by atoms with E-state index in [1.165, 1.54) is 122 Å². The van der Waals surface area contributed by atoms with Gasteiger partial charge >= 0.3 is 0 Å². The van der Waals surface area contributed by atoms with Gasteiger partial charge in [0, 0.05) is 34.7 Å². The van der Waals surface area contributed by atoms with Gasteiger partial charge in [-0.05, 0) is 210 Å². The van der Waals surface area contributed by atoms with Gasteiger partial charge in [-0.15, -0.1) is 0 Å². The molecule has 0 aliphatic carbocycles. The van der Waals surface area contributed by atoms with E-state index in [9.17, 15) is 0 Å². The monoisotopic (exact) mass is 746 g/mol. The highest BCUT2D eigenvalue weighted by atomic mass is 15.1. The first kappa shape index (κ1) is 38.3. The topological polar surface area (TPSA) is 6.48 Å². The van der Waals surface area contributed by atoms with E-state index in [2.05, 4.69) is 202 Å². The molecule has 2 nitrogen and oxygen atoms in total. The van der Waals surface area contributed by atoms with Crippen LogP contribution in [0.5, 0.6) is 0 Å². The Morgan fingerprint density at radius 2 is 0.702 bits per heavy atom. The Morgan fingerprint density at radius 1 is 0.368 bits per heavy atom. The Labute approximate surface area is 341 Å². The van der Waals surface area contributed by atoms with Crippen LogP contribution in [-0.4, -0.2) is 0 Å². The summed E-state index contributed by atoms with van der Waals surface area (Å²) < 4.78 is 0. The van der Waals surface area contributed by atoms with Crippen LogP contribution in [0.25, 0.3) is 32.3 Å². The molecule has 0 fully saturated rings. The fourth-order valence-electron chi connectivity index (χ4n) is 9.68. The lowest BCUT2D eigenvalue weighted by Gasteiger charge is -2.31. The van der Waals surface area contributed by atoms with Crippen molar-refractivity contribution in [1.82, 2.24) is 0 Å². The molecular weight excluding hydrogens is 689 g/mol. The smallest absolute Gasteiger partial charge is 0.0543 e. The molecule has 57 heavy (non-hydrogen) atoms. The number of benzene rings is 8. The highest BCUT2D eigenvalue weighted by Crippen LogP contribution is 2.49. The van der Waals surface area contributed by atoms with Gasteiger partial charge in [-0.1, -0.05) is 82.3 Å². The van der Waals surface area contributed by atoms with Gasteiger partial charge in [0.1, 0.15) is 0 Å². The van der Waals surface area contributed by atoms with Crippen LogP contribution in [0.15, 0.2) is 109 Å². The van der Waals surface area contributed by atoms with Crippen LogP contribution >= 0.6 is 0 Å². The van der Waals surface area contributed by atoms with Gasteiger partial charge in [-0.2, -0.15) is 0 Å². The van der Waals surface area contributed by atoms with Gasteiger partial charge in [-0.3, -0.25) is 0 Å². The molecule has 0 spiro atoms. The van der Waals surface area contributed by atoms with Gasteiger partial charge in [0.2, 0.25) is 0 Å². The van der Waals surface area contributed by atoms with Crippen LogP contribution in [0.2, 0.25) is 0 Å². The molecule has 0 aromatic heterocycles. The molecule has 8 rings (SSSR count). The zero-order valence-corrected chi connectivity index (χ0v) is 36.1. The normalized spacial score (nSPS) is 11.9. The van der Waals surface area contributed by atoms with Crippen molar-refractivity contribution in [2.24, 2.45) is 0 Å². The molecule has 0 amide bonds. The van der Waals surface area contributed by atoms with Crippen LogP contribution in [0.4, 0.5) is 28.4 Å². The van der Waals surface area contributed by atoms with Crippen molar-refractivity contribution in [3.05, 3.63) is 170 Å². The van der Waals surface area contributed by atoms with Crippen molar-refractivity contribution in [2.45, 2.75) is 101 Å². The molecule has 8 aromatic rings. The number of anilines is 5. The van der Waals surface area contributed by atoms with Crippen LogP contribution in [0.3, 0.4) is 0 Å². The van der Waals surface area contributed by atoms with E-state index >= 15 is 0 Å². The van der Waals surface area contributed by atoms with E-state index < -0.39 is 0 Å². The summed E-state index contributed by atoms with van der Waals surface area (Å²) >= 11 is 0. The van der Waals surface area contributed by atoms with Crippen LogP contribution < -0.4 is 9.80 Å². The van der Waals surface area contributed by atoms with E-state index in [0.29, 0.717) is 11.8 Å². The van der Waals surface area contributed by atoms with Crippen molar-refractivity contribution >= 4 is 60.8 Å². The highest BCUT2D eigenvalue weighted by Gasteiger charge is 2.25. The van der Waals surface area contributed by atoms with Gasteiger partial charge in [0.05, 0.1) is 5.69 Å². The first-order chi connectivity index (χ1) is 27.1. The number of hydrogen-bond donors (Lipinski definition) is 0. The zero-order chi connectivity index (χ0) is 40.4. The number of rotatable bonds is 9. The summed E-state index contributed by atoms with van der Waals surface area (Å²) in [5.74, 6) is 0.692. The Hall–Kier alpha value is -5.60. The van der Waals surface area contributed by atoms with Crippen LogP contribution in [0.1, 0.15) is 101 Å². The quantitative estimate of drug-likeness (QED) is 0.136. The first-order valence-corrected chi connectivity index (χ1v) is 20.8. The minimum atomic E-state index is 0.335. The Kier molecular flexibility index (Phi) is 9.89. The molecule has 0 unspecified atom stereocenters. The van der Waals surface area contributed by atoms with Crippen molar-refractivity contribution in [3.8, 4) is 0 Å². The number of aryl methyl sites for hydroxylation is 8. The summed E-state index contributed by atoms with van der Waals surface area (Å²) in [6, 6.07) is 42.6. The molecule has 2 heteroatoms. The molecule has 0 aliphatic rings. The van der Waals surface area contributed by atoms with Crippen molar-refractivity contribution in [2.75, 3.05) is 9.80 Å². The third-order valence-electron chi connectivity index (χ3n) is 11.8.